The van der Waals surface area contributed by atoms with E-state index in [4.69, 9.17) is 9.47 Å². The highest BCUT2D eigenvalue weighted by Gasteiger charge is 2.33. The average Bonchev–Trinajstić information content (AvgIpc) is 3.01. The second-order valence-electron chi connectivity index (χ2n) is 11.8. The molecule has 0 fully saturated rings. The molecule has 2 aromatic rings. The van der Waals surface area contributed by atoms with Crippen molar-refractivity contribution in [1.82, 2.24) is 9.21 Å². The van der Waals surface area contributed by atoms with Crippen LogP contribution < -0.4 is 10.1 Å². The number of carbonyl (C=O) groups is 2. The molecule has 1 aliphatic rings. The highest BCUT2D eigenvalue weighted by atomic mass is 32.2. The van der Waals surface area contributed by atoms with Gasteiger partial charge in [-0.15, -0.1) is 0 Å². The average molecular weight is 672 g/mol. The number of carbonyl (C=O) groups excluding carboxylic acids is 2. The minimum Gasteiger partial charge on any atom is -0.490 e. The van der Waals surface area contributed by atoms with Gasteiger partial charge in [-0.2, -0.15) is 17.5 Å². The van der Waals surface area contributed by atoms with Crippen LogP contribution in [0.15, 0.2) is 53.4 Å². The molecule has 46 heavy (non-hydrogen) atoms. The number of alkyl halides is 3. The van der Waals surface area contributed by atoms with Gasteiger partial charge in [0.05, 0.1) is 41.7 Å². The number of anilines is 1. The van der Waals surface area contributed by atoms with Crippen molar-refractivity contribution in [2.75, 3.05) is 38.7 Å². The maximum Gasteiger partial charge on any atom is 0.389 e. The lowest BCUT2D eigenvalue weighted by atomic mass is 10.0. The van der Waals surface area contributed by atoms with Crippen molar-refractivity contribution in [1.29, 1.82) is 0 Å². The summed E-state index contributed by atoms with van der Waals surface area (Å²) in [6.07, 6.45) is -5.46. The van der Waals surface area contributed by atoms with E-state index in [1.54, 1.807) is 25.1 Å². The predicted molar refractivity (Wildman–Crippen MR) is 167 cm³/mol. The van der Waals surface area contributed by atoms with E-state index in [0.29, 0.717) is 19.4 Å². The first-order chi connectivity index (χ1) is 21.6. The van der Waals surface area contributed by atoms with Crippen molar-refractivity contribution < 1.29 is 45.8 Å². The quantitative estimate of drug-likeness (QED) is 0.381. The molecule has 1 heterocycles. The van der Waals surface area contributed by atoms with Crippen molar-refractivity contribution >= 4 is 27.5 Å². The molecule has 256 valence electrons. The molecule has 0 aliphatic carbocycles. The first kappa shape index (κ1) is 37.3. The van der Waals surface area contributed by atoms with Crippen molar-refractivity contribution in [3.05, 3.63) is 54.1 Å². The van der Waals surface area contributed by atoms with Crippen LogP contribution in [0.2, 0.25) is 0 Å². The molecule has 3 rings (SSSR count). The number of likely N-dealkylation sites (N-methyl/N-ethyl adjacent to an activating group) is 1. The maximum absolute atomic E-state index is 14.2. The van der Waals surface area contributed by atoms with Crippen molar-refractivity contribution in [3.63, 3.8) is 0 Å². The minimum atomic E-state index is -4.49. The van der Waals surface area contributed by atoms with E-state index >= 15 is 0 Å². The van der Waals surface area contributed by atoms with E-state index in [1.807, 2.05) is 13.8 Å². The molecule has 4 atom stereocenters. The summed E-state index contributed by atoms with van der Waals surface area (Å²) in [7, 11) is -2.35. The third kappa shape index (κ3) is 10.7. The summed E-state index contributed by atoms with van der Waals surface area (Å²) >= 11 is 0. The monoisotopic (exact) mass is 671 g/mol. The van der Waals surface area contributed by atoms with E-state index in [-0.39, 0.29) is 47.7 Å². The van der Waals surface area contributed by atoms with Gasteiger partial charge < -0.3 is 24.8 Å². The first-order valence-electron chi connectivity index (χ1n) is 15.3. The molecule has 0 unspecified atom stereocenters. The number of rotatable bonds is 9. The van der Waals surface area contributed by atoms with Gasteiger partial charge in [0.25, 0.3) is 5.91 Å². The van der Waals surface area contributed by atoms with Crippen LogP contribution in [0.1, 0.15) is 63.2 Å². The van der Waals surface area contributed by atoms with Gasteiger partial charge in [-0.05, 0) is 63.4 Å². The Morgan fingerprint density at radius 1 is 1.15 bits per heavy atom. The third-order valence-corrected chi connectivity index (χ3v) is 9.70. The zero-order valence-corrected chi connectivity index (χ0v) is 27.4. The van der Waals surface area contributed by atoms with Gasteiger partial charge in [0.2, 0.25) is 15.9 Å². The lowest BCUT2D eigenvalue weighted by molar-refractivity contribution is -0.142. The third-order valence-electron chi connectivity index (χ3n) is 7.86. The van der Waals surface area contributed by atoms with Crippen LogP contribution in [0.25, 0.3) is 0 Å². The Morgan fingerprint density at radius 3 is 2.50 bits per heavy atom. The second kappa shape index (κ2) is 16.6. The molecule has 1 aliphatic heterocycles. The predicted octanol–water partition coefficient (Wildman–Crippen LogP) is 5.08. The van der Waals surface area contributed by atoms with Crippen LogP contribution >= 0.6 is 0 Å². The van der Waals surface area contributed by atoms with Gasteiger partial charge in [-0.25, -0.2) is 8.42 Å². The number of aliphatic hydroxyl groups excluding tert-OH is 1. The topological polar surface area (TPSA) is 125 Å². The Morgan fingerprint density at radius 2 is 1.85 bits per heavy atom. The van der Waals surface area contributed by atoms with Gasteiger partial charge in [-0.3, -0.25) is 9.59 Å². The smallest absolute Gasteiger partial charge is 0.389 e. The lowest BCUT2D eigenvalue weighted by Crippen LogP contribution is -2.48. The number of amides is 2. The molecule has 0 aromatic heterocycles. The SMILES string of the molecule is C[C@@H]1CCCCO[C@@H](CN(C)S(=O)(=O)c2ccccc2)[C@@H](C)CN([C@@H](C)CO)C(=O)c2cc(NC(=O)CCC(F)(F)F)ccc2O1. The summed E-state index contributed by atoms with van der Waals surface area (Å²) < 4.78 is 78.1. The Bertz CT molecular complexity index is 1410. The van der Waals surface area contributed by atoms with Crippen LogP contribution in [0.4, 0.5) is 18.9 Å². The molecule has 0 radical (unpaired) electrons. The van der Waals surface area contributed by atoms with Crippen LogP contribution in [-0.2, 0) is 19.6 Å². The van der Waals surface area contributed by atoms with E-state index in [9.17, 15) is 36.3 Å². The van der Waals surface area contributed by atoms with E-state index in [1.165, 1.54) is 46.6 Å². The molecule has 10 nitrogen and oxygen atoms in total. The van der Waals surface area contributed by atoms with Crippen LogP contribution in [-0.4, -0.2) is 92.3 Å². The highest BCUT2D eigenvalue weighted by Crippen LogP contribution is 2.29. The zero-order valence-electron chi connectivity index (χ0n) is 26.6. The number of halogens is 3. The van der Waals surface area contributed by atoms with Gasteiger partial charge in [0.15, 0.2) is 0 Å². The number of benzene rings is 2. The van der Waals surface area contributed by atoms with Crippen molar-refractivity contribution in [2.24, 2.45) is 5.92 Å². The fourth-order valence-electron chi connectivity index (χ4n) is 5.07. The highest BCUT2D eigenvalue weighted by molar-refractivity contribution is 7.89. The summed E-state index contributed by atoms with van der Waals surface area (Å²) in [5.74, 6) is -1.57. The molecule has 0 bridgehead atoms. The number of sulfonamides is 1. The summed E-state index contributed by atoms with van der Waals surface area (Å²) in [6.45, 7) is 5.39. The molecule has 0 spiro atoms. The Hall–Kier alpha value is -3.20. The van der Waals surface area contributed by atoms with Gasteiger partial charge in [0.1, 0.15) is 5.75 Å². The van der Waals surface area contributed by atoms with Gasteiger partial charge >= 0.3 is 6.18 Å². The summed E-state index contributed by atoms with van der Waals surface area (Å²) in [6, 6.07) is 11.7. The summed E-state index contributed by atoms with van der Waals surface area (Å²) in [5.41, 5.74) is 0.182. The van der Waals surface area contributed by atoms with Gasteiger partial charge in [-0.1, -0.05) is 25.1 Å². The Balaban J connectivity index is 1.94. The maximum atomic E-state index is 14.2. The molecular formula is C32H44F3N3O7S. The number of fused-ring (bicyclic) bond motifs is 1. The Labute approximate surface area is 268 Å². The summed E-state index contributed by atoms with van der Waals surface area (Å²) in [5, 5.41) is 12.5. The van der Waals surface area contributed by atoms with Crippen LogP contribution in [0.5, 0.6) is 5.75 Å². The first-order valence-corrected chi connectivity index (χ1v) is 16.8. The van der Waals surface area contributed by atoms with Crippen LogP contribution in [0.3, 0.4) is 0 Å². The lowest BCUT2D eigenvalue weighted by Gasteiger charge is -2.35. The standard InChI is InChI=1S/C32H44F3N3O7S/c1-22-19-38(23(2)21-39)31(41)27-18-25(36-30(40)15-16-32(33,34)35)13-14-28(27)45-24(3)10-8-9-17-44-29(22)20-37(4)46(42,43)26-11-6-5-7-12-26/h5-7,11-14,18,22-24,29,39H,8-10,15-17,19-21H2,1-4H3,(H,36,40)/t22-,23-,24+,29-/m0/s1. The Kier molecular flexibility index (Phi) is 13.4. The fraction of sp³-hybridized carbons (Fsp3) is 0.562. The number of nitrogens with zero attached hydrogens (tertiary/aromatic N) is 2. The summed E-state index contributed by atoms with van der Waals surface area (Å²) in [4.78, 5) is 28.0. The molecule has 14 heteroatoms. The van der Waals surface area contributed by atoms with Gasteiger partial charge in [0, 0.05) is 44.8 Å². The fourth-order valence-corrected chi connectivity index (χ4v) is 6.27. The molecule has 2 aromatic carbocycles. The number of nitrogens with one attached hydrogen (secondary N) is 1. The van der Waals surface area contributed by atoms with E-state index in [0.717, 1.165) is 6.42 Å². The molecule has 2 N–H and O–H groups in total. The minimum absolute atomic E-state index is 0.0120. The number of hydrogen-bond acceptors (Lipinski definition) is 7. The van der Waals surface area contributed by atoms with E-state index < -0.39 is 58.9 Å². The van der Waals surface area contributed by atoms with E-state index in [2.05, 4.69) is 5.32 Å². The molecule has 0 saturated heterocycles. The second-order valence-corrected chi connectivity index (χ2v) is 13.8. The zero-order chi connectivity index (χ0) is 34.1. The van der Waals surface area contributed by atoms with Crippen molar-refractivity contribution in [2.45, 2.75) is 82.2 Å². The van der Waals surface area contributed by atoms with Crippen molar-refractivity contribution in [3.8, 4) is 5.75 Å². The number of hydrogen-bond donors (Lipinski definition) is 2. The molecular weight excluding hydrogens is 627 g/mol. The largest absolute Gasteiger partial charge is 0.490 e. The normalized spacial score (nSPS) is 21.2. The van der Waals surface area contributed by atoms with Crippen LogP contribution in [0, 0.1) is 5.92 Å². The molecule has 2 amide bonds. The number of aliphatic hydroxyl groups is 1. The number of ether oxygens (including phenoxy) is 2. The molecule has 0 saturated carbocycles.